The highest BCUT2D eigenvalue weighted by molar-refractivity contribution is 7.17. The maximum atomic E-state index is 2.28. The topological polar surface area (TPSA) is 0 Å². The van der Waals surface area contributed by atoms with E-state index in [0.29, 0.717) is 0 Å². The van der Waals surface area contributed by atoms with Gasteiger partial charge < -0.3 is 0 Å². The van der Waals surface area contributed by atoms with Gasteiger partial charge in [-0.2, -0.15) is 0 Å². The molecule has 96 valence electrons. The van der Waals surface area contributed by atoms with Crippen molar-refractivity contribution in [3.05, 3.63) is 59.5 Å². The van der Waals surface area contributed by atoms with Crippen molar-refractivity contribution < 1.29 is 0 Å². The summed E-state index contributed by atoms with van der Waals surface area (Å²) in [4.78, 5) is 0. The summed E-state index contributed by atoms with van der Waals surface area (Å²) >= 11 is 1.80. The molecule has 0 atom stereocenters. The van der Waals surface area contributed by atoms with Crippen molar-refractivity contribution in [1.29, 1.82) is 0 Å². The highest BCUT2D eigenvalue weighted by atomic mass is 32.1. The van der Waals surface area contributed by atoms with Gasteiger partial charge in [-0.25, -0.2) is 0 Å². The van der Waals surface area contributed by atoms with Crippen LogP contribution in [0.2, 0.25) is 0 Å². The van der Waals surface area contributed by atoms with Crippen molar-refractivity contribution in [2.75, 3.05) is 0 Å². The molecule has 1 aromatic heterocycles. The van der Waals surface area contributed by atoms with Crippen LogP contribution in [0.25, 0.3) is 21.2 Å². The fraction of sp³-hybridized carbons (Fsp3) is 0.222. The zero-order chi connectivity index (χ0) is 13.5. The molecule has 19 heavy (non-hydrogen) atoms. The van der Waals surface area contributed by atoms with Crippen LogP contribution < -0.4 is 0 Å². The molecule has 3 rings (SSSR count). The lowest BCUT2D eigenvalue weighted by Gasteiger charge is -2.19. The van der Waals surface area contributed by atoms with E-state index in [2.05, 4.69) is 74.7 Å². The minimum absolute atomic E-state index is 0.218. The molecule has 1 heteroatoms. The Kier molecular flexibility index (Phi) is 2.94. The normalized spacial score (nSPS) is 11.9. The van der Waals surface area contributed by atoms with Crippen LogP contribution in [0.15, 0.2) is 53.9 Å². The molecule has 0 unspecified atom stereocenters. The van der Waals surface area contributed by atoms with Crippen molar-refractivity contribution in [2.45, 2.75) is 26.2 Å². The summed E-state index contributed by atoms with van der Waals surface area (Å²) in [6.45, 7) is 6.75. The van der Waals surface area contributed by atoms with E-state index in [-0.39, 0.29) is 5.41 Å². The summed E-state index contributed by atoms with van der Waals surface area (Å²) in [5.41, 5.74) is 4.19. The fourth-order valence-corrected chi connectivity index (χ4v) is 3.08. The van der Waals surface area contributed by atoms with Gasteiger partial charge in [0, 0.05) is 4.70 Å². The van der Waals surface area contributed by atoms with Crippen LogP contribution in [0, 0.1) is 0 Å². The lowest BCUT2D eigenvalue weighted by Crippen LogP contribution is -2.10. The molecule has 2 aromatic carbocycles. The molecule has 0 saturated carbocycles. The average Bonchev–Trinajstić information content (AvgIpc) is 2.85. The zero-order valence-electron chi connectivity index (χ0n) is 11.6. The van der Waals surface area contributed by atoms with E-state index in [4.69, 9.17) is 0 Å². The number of hydrogen-bond donors (Lipinski definition) is 0. The van der Waals surface area contributed by atoms with Gasteiger partial charge >= 0.3 is 0 Å². The van der Waals surface area contributed by atoms with Crippen LogP contribution in [-0.4, -0.2) is 0 Å². The third kappa shape index (κ3) is 2.43. The van der Waals surface area contributed by atoms with Gasteiger partial charge in [-0.1, -0.05) is 51.1 Å². The number of thiophene rings is 1. The van der Waals surface area contributed by atoms with Gasteiger partial charge in [-0.15, -0.1) is 11.3 Å². The first kappa shape index (κ1) is 12.4. The molecule has 0 aliphatic heterocycles. The van der Waals surface area contributed by atoms with E-state index < -0.39 is 0 Å². The molecule has 0 nitrogen and oxygen atoms in total. The highest BCUT2D eigenvalue weighted by Crippen LogP contribution is 2.29. The number of hydrogen-bond acceptors (Lipinski definition) is 1. The van der Waals surface area contributed by atoms with E-state index >= 15 is 0 Å². The summed E-state index contributed by atoms with van der Waals surface area (Å²) in [6, 6.07) is 17.8. The largest absolute Gasteiger partial charge is 0.144 e. The molecule has 0 aliphatic carbocycles. The molecule has 0 fully saturated rings. The third-order valence-corrected chi connectivity index (χ3v) is 4.43. The second-order valence-electron chi connectivity index (χ2n) is 6.00. The highest BCUT2D eigenvalue weighted by Gasteiger charge is 2.13. The molecule has 1 heterocycles. The van der Waals surface area contributed by atoms with Crippen LogP contribution >= 0.6 is 11.3 Å². The van der Waals surface area contributed by atoms with Gasteiger partial charge in [0.15, 0.2) is 0 Å². The Balaban J connectivity index is 2.01. The maximum Gasteiger partial charge on any atom is 0.0343 e. The van der Waals surface area contributed by atoms with Crippen LogP contribution in [-0.2, 0) is 5.41 Å². The summed E-state index contributed by atoms with van der Waals surface area (Å²) in [6.07, 6.45) is 0. The van der Waals surface area contributed by atoms with Crippen LogP contribution in [0.5, 0.6) is 0 Å². The first-order valence-corrected chi connectivity index (χ1v) is 7.50. The number of rotatable bonds is 1. The van der Waals surface area contributed by atoms with Gasteiger partial charge in [0.1, 0.15) is 0 Å². The molecule has 0 N–H and O–H groups in total. The summed E-state index contributed by atoms with van der Waals surface area (Å²) in [5, 5.41) is 3.49. The first-order valence-electron chi connectivity index (χ1n) is 6.62. The van der Waals surface area contributed by atoms with Crippen LogP contribution in [0.3, 0.4) is 0 Å². The smallest absolute Gasteiger partial charge is 0.0343 e. The lowest BCUT2D eigenvalue weighted by atomic mass is 9.86. The number of fused-ring (bicyclic) bond motifs is 1. The molecule has 0 saturated heterocycles. The second-order valence-corrected chi connectivity index (χ2v) is 6.95. The van der Waals surface area contributed by atoms with Crippen molar-refractivity contribution >= 4 is 21.4 Å². The summed E-state index contributed by atoms with van der Waals surface area (Å²) < 4.78 is 1.36. The molecule has 0 spiro atoms. The van der Waals surface area contributed by atoms with Gasteiger partial charge in [-0.05, 0) is 51.1 Å². The summed E-state index contributed by atoms with van der Waals surface area (Å²) in [5.74, 6) is 0. The minimum Gasteiger partial charge on any atom is -0.144 e. The van der Waals surface area contributed by atoms with Crippen molar-refractivity contribution in [3.63, 3.8) is 0 Å². The second kappa shape index (κ2) is 4.50. The quantitative estimate of drug-likeness (QED) is 0.517. The van der Waals surface area contributed by atoms with Gasteiger partial charge in [0.2, 0.25) is 0 Å². The molecular formula is C18H18S. The lowest BCUT2D eigenvalue weighted by molar-refractivity contribution is 0.590. The van der Waals surface area contributed by atoms with E-state index in [1.807, 2.05) is 0 Å². The van der Waals surface area contributed by atoms with E-state index in [9.17, 15) is 0 Å². The SMILES string of the molecule is CC(C)(C)c1ccc(-c2ccc3sccc3c2)cc1. The van der Waals surface area contributed by atoms with Crippen molar-refractivity contribution in [2.24, 2.45) is 0 Å². The van der Waals surface area contributed by atoms with Crippen LogP contribution in [0.1, 0.15) is 26.3 Å². The summed E-state index contributed by atoms with van der Waals surface area (Å²) in [7, 11) is 0. The predicted octanol–water partition coefficient (Wildman–Crippen LogP) is 5.87. The Morgan fingerprint density at radius 2 is 1.47 bits per heavy atom. The van der Waals surface area contributed by atoms with Gasteiger partial charge in [0.05, 0.1) is 0 Å². The maximum absolute atomic E-state index is 2.28. The van der Waals surface area contributed by atoms with Crippen molar-refractivity contribution in [3.8, 4) is 11.1 Å². The average molecular weight is 266 g/mol. The van der Waals surface area contributed by atoms with E-state index in [0.717, 1.165) is 0 Å². The Hall–Kier alpha value is -1.60. The Morgan fingerprint density at radius 3 is 2.16 bits per heavy atom. The Labute approximate surface area is 118 Å². The Bertz CT molecular complexity index is 696. The van der Waals surface area contributed by atoms with E-state index in [1.54, 1.807) is 11.3 Å². The van der Waals surface area contributed by atoms with E-state index in [1.165, 1.54) is 26.8 Å². The van der Waals surface area contributed by atoms with Crippen molar-refractivity contribution in [1.82, 2.24) is 0 Å². The predicted molar refractivity (Wildman–Crippen MR) is 86.0 cm³/mol. The molecule has 0 amide bonds. The molecule has 0 bridgehead atoms. The van der Waals surface area contributed by atoms with Gasteiger partial charge in [0.25, 0.3) is 0 Å². The standard InChI is InChI=1S/C18H18S/c1-18(2,3)16-7-4-13(5-8-16)14-6-9-17-15(12-14)10-11-19-17/h4-12H,1-3H3. The first-order chi connectivity index (χ1) is 9.04. The van der Waals surface area contributed by atoms with Crippen LogP contribution in [0.4, 0.5) is 0 Å². The molecule has 0 radical (unpaired) electrons. The zero-order valence-corrected chi connectivity index (χ0v) is 12.4. The molecule has 0 aliphatic rings. The Morgan fingerprint density at radius 1 is 0.789 bits per heavy atom. The third-order valence-electron chi connectivity index (χ3n) is 3.54. The monoisotopic (exact) mass is 266 g/mol. The molecule has 3 aromatic rings. The number of benzene rings is 2. The molecular weight excluding hydrogens is 248 g/mol. The minimum atomic E-state index is 0.218. The fourth-order valence-electron chi connectivity index (χ4n) is 2.31. The van der Waals surface area contributed by atoms with Gasteiger partial charge in [-0.3, -0.25) is 0 Å².